The van der Waals surface area contributed by atoms with Crippen LogP contribution in [0.3, 0.4) is 0 Å². The lowest BCUT2D eigenvalue weighted by Gasteiger charge is -2.39. The summed E-state index contributed by atoms with van der Waals surface area (Å²) in [5, 5.41) is 0. The number of hydrogen-bond donors (Lipinski definition) is 0. The molecule has 2 heteroatoms. The van der Waals surface area contributed by atoms with Gasteiger partial charge in [0.2, 0.25) is 0 Å². The highest BCUT2D eigenvalue weighted by atomic mass is 15.1. The van der Waals surface area contributed by atoms with Crippen molar-refractivity contribution in [2.45, 2.75) is 0 Å². The summed E-state index contributed by atoms with van der Waals surface area (Å²) in [5.41, 5.74) is 10.2. The van der Waals surface area contributed by atoms with Gasteiger partial charge in [-0.15, -0.1) is 0 Å². The molecule has 0 aromatic heterocycles. The van der Waals surface area contributed by atoms with Gasteiger partial charge in [-0.2, -0.15) is 0 Å². The molecule has 5 aromatic rings. The number of fused-ring (bicyclic) bond motifs is 3. The predicted octanol–water partition coefficient (Wildman–Crippen LogP) is 6.28. The predicted molar refractivity (Wildman–Crippen MR) is 137 cm³/mol. The molecule has 0 bridgehead atoms. The molecule has 0 aliphatic carbocycles. The summed E-state index contributed by atoms with van der Waals surface area (Å²) in [6.45, 7) is 0.105. The van der Waals surface area contributed by atoms with Gasteiger partial charge in [-0.1, -0.05) is 121 Å². The average molecular weight is 407 g/mol. The quantitative estimate of drug-likeness (QED) is 0.318. The monoisotopic (exact) mass is 407 g/mol. The largest absolute Gasteiger partial charge is 0.376 e. The Morgan fingerprint density at radius 1 is 0.469 bits per heavy atom. The van der Waals surface area contributed by atoms with Crippen molar-refractivity contribution in [1.29, 1.82) is 0 Å². The van der Waals surface area contributed by atoms with Crippen molar-refractivity contribution in [1.82, 2.24) is 0 Å². The van der Waals surface area contributed by atoms with Crippen LogP contribution in [-0.2, 0) is 0 Å². The van der Waals surface area contributed by atoms with Crippen LogP contribution in [0.25, 0.3) is 22.3 Å². The van der Waals surface area contributed by atoms with Crippen molar-refractivity contribution in [3.8, 4) is 22.3 Å². The van der Waals surface area contributed by atoms with Crippen LogP contribution in [0.1, 0.15) is 0 Å². The number of benzene rings is 5. The fourth-order valence-corrected chi connectivity index (χ4v) is 4.96. The minimum atomic E-state index is 0.105. The van der Waals surface area contributed by atoms with E-state index in [9.17, 15) is 0 Å². The molecule has 0 saturated heterocycles. The summed E-state index contributed by atoms with van der Waals surface area (Å²) in [6.07, 6.45) is 0. The topological polar surface area (TPSA) is 3.24 Å². The molecule has 1 heterocycles. The summed E-state index contributed by atoms with van der Waals surface area (Å²) in [7, 11) is 0. The van der Waals surface area contributed by atoms with E-state index in [0.29, 0.717) is 0 Å². The molecule has 5 aromatic carbocycles. The van der Waals surface area contributed by atoms with E-state index in [1.807, 2.05) is 0 Å². The maximum absolute atomic E-state index is 2.50. The van der Waals surface area contributed by atoms with E-state index in [-0.39, 0.29) is 6.85 Å². The number of hydrogen-bond acceptors (Lipinski definition) is 1. The second kappa shape index (κ2) is 7.90. The molecule has 0 atom stereocenters. The highest BCUT2D eigenvalue weighted by Crippen LogP contribution is 2.44. The first kappa shape index (κ1) is 18.7. The molecule has 1 nitrogen and oxygen atoms in total. The van der Waals surface area contributed by atoms with Gasteiger partial charge in [-0.05, 0) is 40.4 Å². The molecule has 0 saturated carbocycles. The Bertz CT molecular complexity index is 1360. The third-order valence-electron chi connectivity index (χ3n) is 6.32. The Morgan fingerprint density at radius 2 is 1.06 bits per heavy atom. The Balaban J connectivity index is 1.69. The Labute approximate surface area is 189 Å². The second-order valence-corrected chi connectivity index (χ2v) is 8.17. The van der Waals surface area contributed by atoms with Crippen molar-refractivity contribution in [2.24, 2.45) is 0 Å². The zero-order valence-corrected chi connectivity index (χ0v) is 17.7. The number of para-hydroxylation sites is 1. The lowest BCUT2D eigenvalue weighted by Crippen LogP contribution is -2.57. The molecular formula is C30H22BN. The number of rotatable bonds is 3. The third kappa shape index (κ3) is 3.04. The Kier molecular flexibility index (Phi) is 4.62. The van der Waals surface area contributed by atoms with Crippen LogP contribution in [-0.4, -0.2) is 6.85 Å². The second-order valence-electron chi connectivity index (χ2n) is 8.17. The molecule has 32 heavy (non-hydrogen) atoms. The van der Waals surface area contributed by atoms with Crippen molar-refractivity contribution in [2.75, 3.05) is 4.81 Å². The van der Waals surface area contributed by atoms with E-state index < -0.39 is 0 Å². The first-order valence-electron chi connectivity index (χ1n) is 11.1. The van der Waals surface area contributed by atoms with Gasteiger partial charge in [-0.3, -0.25) is 0 Å². The smallest absolute Gasteiger partial charge is 0.328 e. The van der Waals surface area contributed by atoms with Crippen molar-refractivity contribution < 1.29 is 0 Å². The fraction of sp³-hybridized carbons (Fsp3) is 0. The fourth-order valence-electron chi connectivity index (χ4n) is 4.96. The lowest BCUT2D eigenvalue weighted by atomic mass is 9.45. The number of nitrogens with zero attached hydrogens (tertiary/aromatic N) is 1. The molecule has 0 unspecified atom stereocenters. The highest BCUT2D eigenvalue weighted by Gasteiger charge is 2.37. The summed E-state index contributed by atoms with van der Waals surface area (Å²) >= 11 is 0. The standard InChI is InChI=1S/C30H22BN/c1-4-13-23(14-5-1)26-20-12-22-29-30(26)27-19-10-11-21-28(27)31(24-15-6-2-7-16-24)32(29)25-17-8-3-9-18-25/h1-22H. The van der Waals surface area contributed by atoms with Crippen LogP contribution in [0, 0.1) is 0 Å². The summed E-state index contributed by atoms with van der Waals surface area (Å²) in [5.74, 6) is 0. The molecule has 150 valence electrons. The average Bonchev–Trinajstić information content (AvgIpc) is 2.89. The van der Waals surface area contributed by atoms with E-state index >= 15 is 0 Å². The molecule has 0 fully saturated rings. The number of anilines is 2. The van der Waals surface area contributed by atoms with Crippen molar-refractivity contribution >= 4 is 29.1 Å². The van der Waals surface area contributed by atoms with Gasteiger partial charge >= 0.3 is 6.85 Å². The summed E-state index contributed by atoms with van der Waals surface area (Å²) < 4.78 is 0. The first-order chi connectivity index (χ1) is 15.9. The molecule has 0 N–H and O–H groups in total. The lowest BCUT2D eigenvalue weighted by molar-refractivity contribution is 1.36. The van der Waals surface area contributed by atoms with Crippen molar-refractivity contribution in [3.05, 3.63) is 133 Å². The minimum absolute atomic E-state index is 0.105. The molecule has 0 amide bonds. The van der Waals surface area contributed by atoms with Crippen LogP contribution in [0.4, 0.5) is 11.4 Å². The van der Waals surface area contributed by atoms with Gasteiger partial charge in [0.05, 0.1) is 0 Å². The normalized spacial score (nSPS) is 12.2. The van der Waals surface area contributed by atoms with Crippen LogP contribution >= 0.6 is 0 Å². The molecule has 1 aliphatic heterocycles. The molecule has 6 rings (SSSR count). The molecular weight excluding hydrogens is 385 g/mol. The summed E-state index contributed by atoms with van der Waals surface area (Å²) in [6, 6.07) is 47.9. The van der Waals surface area contributed by atoms with Gasteiger partial charge in [0.1, 0.15) is 0 Å². The molecule has 1 aliphatic rings. The van der Waals surface area contributed by atoms with Crippen molar-refractivity contribution in [3.63, 3.8) is 0 Å². The third-order valence-corrected chi connectivity index (χ3v) is 6.32. The Morgan fingerprint density at radius 3 is 1.81 bits per heavy atom. The van der Waals surface area contributed by atoms with E-state index in [2.05, 4.69) is 138 Å². The van der Waals surface area contributed by atoms with Gasteiger partial charge in [0.25, 0.3) is 0 Å². The maximum Gasteiger partial charge on any atom is 0.328 e. The van der Waals surface area contributed by atoms with E-state index in [0.717, 1.165) is 0 Å². The highest BCUT2D eigenvalue weighted by molar-refractivity contribution is 6.90. The maximum atomic E-state index is 2.50. The zero-order valence-electron chi connectivity index (χ0n) is 17.7. The SMILES string of the molecule is c1ccc(B2c3ccccc3-c3c(-c4ccccc4)cccc3N2c2ccccc2)cc1. The van der Waals surface area contributed by atoms with E-state index in [1.165, 1.54) is 44.6 Å². The molecule has 0 spiro atoms. The van der Waals surface area contributed by atoms with Crippen LogP contribution in [0.15, 0.2) is 133 Å². The summed E-state index contributed by atoms with van der Waals surface area (Å²) in [4.78, 5) is 2.50. The Hall–Kier alpha value is -4.04. The first-order valence-corrected chi connectivity index (χ1v) is 11.1. The zero-order chi connectivity index (χ0) is 21.3. The van der Waals surface area contributed by atoms with Gasteiger partial charge < -0.3 is 4.81 Å². The van der Waals surface area contributed by atoms with Gasteiger partial charge in [-0.25, -0.2) is 0 Å². The van der Waals surface area contributed by atoms with Gasteiger partial charge in [0, 0.05) is 16.9 Å². The van der Waals surface area contributed by atoms with Crippen LogP contribution in [0.2, 0.25) is 0 Å². The van der Waals surface area contributed by atoms with Crippen LogP contribution in [0.5, 0.6) is 0 Å². The van der Waals surface area contributed by atoms with E-state index in [1.54, 1.807) is 0 Å². The minimum Gasteiger partial charge on any atom is -0.376 e. The van der Waals surface area contributed by atoms with Crippen LogP contribution < -0.4 is 15.7 Å². The van der Waals surface area contributed by atoms with Gasteiger partial charge in [0.15, 0.2) is 0 Å². The van der Waals surface area contributed by atoms with E-state index in [4.69, 9.17) is 0 Å². The molecule has 0 radical (unpaired) electrons.